The molecule has 0 saturated carbocycles. The fourth-order valence-electron chi connectivity index (χ4n) is 1.94. The van der Waals surface area contributed by atoms with Gasteiger partial charge < -0.3 is 9.47 Å². The normalized spacial score (nSPS) is 24.2. The van der Waals surface area contributed by atoms with Crippen LogP contribution in [0.25, 0.3) is 0 Å². The van der Waals surface area contributed by atoms with E-state index < -0.39 is 0 Å². The molecule has 2 atom stereocenters. The Balaban J connectivity index is 2.33. The molecule has 1 heterocycles. The second-order valence-electron chi connectivity index (χ2n) is 4.29. The number of ether oxygens (including phenoxy) is 2. The summed E-state index contributed by atoms with van der Waals surface area (Å²) in [5, 5.41) is 0. The molecule has 16 heavy (non-hydrogen) atoms. The van der Waals surface area contributed by atoms with E-state index >= 15 is 0 Å². The zero-order valence-corrected chi connectivity index (χ0v) is 10.0. The van der Waals surface area contributed by atoms with E-state index in [-0.39, 0.29) is 24.0 Å². The van der Waals surface area contributed by atoms with Gasteiger partial charge >= 0.3 is 11.9 Å². The van der Waals surface area contributed by atoms with Gasteiger partial charge in [0.25, 0.3) is 0 Å². The van der Waals surface area contributed by atoms with Gasteiger partial charge in [-0.3, -0.25) is 9.59 Å². The summed E-state index contributed by atoms with van der Waals surface area (Å²) in [4.78, 5) is 21.9. The smallest absolute Gasteiger partial charge is 0.306 e. The Hall–Kier alpha value is -1.06. The lowest BCUT2D eigenvalue weighted by Crippen LogP contribution is -2.22. The van der Waals surface area contributed by atoms with Crippen LogP contribution in [0.4, 0.5) is 0 Å². The standard InChI is InChI=1S/C12H20O4/c1-3-4-5-6-11-10(7-12(14)16-11)8-15-9(2)13/h10-11H,3-8H2,1-2H3/t10-,11-/m1/s1. The van der Waals surface area contributed by atoms with E-state index in [2.05, 4.69) is 6.92 Å². The first-order chi connectivity index (χ1) is 7.63. The second kappa shape index (κ2) is 6.51. The molecule has 0 radical (unpaired) electrons. The maximum Gasteiger partial charge on any atom is 0.306 e. The van der Waals surface area contributed by atoms with Crippen LogP contribution < -0.4 is 0 Å². The minimum atomic E-state index is -0.299. The molecule has 1 rings (SSSR count). The van der Waals surface area contributed by atoms with Crippen LogP contribution in [-0.2, 0) is 19.1 Å². The minimum Gasteiger partial charge on any atom is -0.465 e. The number of carbonyl (C=O) groups is 2. The second-order valence-corrected chi connectivity index (χ2v) is 4.29. The number of esters is 2. The quantitative estimate of drug-likeness (QED) is 0.516. The summed E-state index contributed by atoms with van der Waals surface area (Å²) in [6.07, 6.45) is 4.56. The van der Waals surface area contributed by atoms with E-state index in [1.54, 1.807) is 0 Å². The van der Waals surface area contributed by atoms with Gasteiger partial charge in [-0.05, 0) is 12.8 Å². The van der Waals surface area contributed by atoms with Gasteiger partial charge in [0.15, 0.2) is 0 Å². The van der Waals surface area contributed by atoms with Crippen molar-refractivity contribution in [3.8, 4) is 0 Å². The maximum atomic E-state index is 11.2. The predicted octanol–water partition coefficient (Wildman–Crippen LogP) is 2.06. The first-order valence-electron chi connectivity index (χ1n) is 5.96. The topological polar surface area (TPSA) is 52.6 Å². The molecule has 92 valence electrons. The number of cyclic esters (lactones) is 1. The summed E-state index contributed by atoms with van der Waals surface area (Å²) < 4.78 is 10.2. The van der Waals surface area contributed by atoms with Crippen molar-refractivity contribution >= 4 is 11.9 Å². The minimum absolute atomic E-state index is 0.0493. The average molecular weight is 228 g/mol. The Morgan fingerprint density at radius 1 is 1.50 bits per heavy atom. The van der Waals surface area contributed by atoms with Gasteiger partial charge in [0.05, 0.1) is 13.0 Å². The van der Waals surface area contributed by atoms with E-state index in [4.69, 9.17) is 9.47 Å². The summed E-state index contributed by atoms with van der Waals surface area (Å²) >= 11 is 0. The van der Waals surface area contributed by atoms with Crippen molar-refractivity contribution < 1.29 is 19.1 Å². The molecule has 0 amide bonds. The Morgan fingerprint density at radius 2 is 2.25 bits per heavy atom. The van der Waals surface area contributed by atoms with Crippen molar-refractivity contribution in [3.63, 3.8) is 0 Å². The Bertz CT molecular complexity index is 249. The third kappa shape index (κ3) is 4.21. The summed E-state index contributed by atoms with van der Waals surface area (Å²) in [6, 6.07) is 0. The molecule has 0 bridgehead atoms. The SMILES string of the molecule is CCCCC[C@H]1OC(=O)C[C@@H]1COC(C)=O. The van der Waals surface area contributed by atoms with Crippen LogP contribution in [0.2, 0.25) is 0 Å². The summed E-state index contributed by atoms with van der Waals surface area (Å²) in [6.45, 7) is 3.82. The number of hydrogen-bond donors (Lipinski definition) is 0. The molecule has 0 aromatic heterocycles. The van der Waals surface area contributed by atoms with E-state index in [1.165, 1.54) is 6.92 Å². The Morgan fingerprint density at radius 3 is 2.88 bits per heavy atom. The van der Waals surface area contributed by atoms with Crippen molar-refractivity contribution in [3.05, 3.63) is 0 Å². The van der Waals surface area contributed by atoms with E-state index in [9.17, 15) is 9.59 Å². The molecule has 0 N–H and O–H groups in total. The molecule has 4 nitrogen and oxygen atoms in total. The molecule has 1 aliphatic rings. The highest BCUT2D eigenvalue weighted by molar-refractivity contribution is 5.72. The van der Waals surface area contributed by atoms with Crippen molar-refractivity contribution in [2.45, 2.75) is 52.1 Å². The molecule has 4 heteroatoms. The van der Waals surface area contributed by atoms with E-state index in [0.717, 1.165) is 25.7 Å². The molecule has 0 unspecified atom stereocenters. The lowest BCUT2D eigenvalue weighted by atomic mass is 9.97. The van der Waals surface area contributed by atoms with Crippen LogP contribution >= 0.6 is 0 Å². The fraction of sp³-hybridized carbons (Fsp3) is 0.833. The fourth-order valence-corrected chi connectivity index (χ4v) is 1.94. The van der Waals surface area contributed by atoms with Crippen LogP contribution in [-0.4, -0.2) is 24.6 Å². The largest absolute Gasteiger partial charge is 0.465 e. The van der Waals surface area contributed by atoms with Gasteiger partial charge in [-0.15, -0.1) is 0 Å². The average Bonchev–Trinajstić information content (AvgIpc) is 2.56. The van der Waals surface area contributed by atoms with Gasteiger partial charge in [-0.1, -0.05) is 19.8 Å². The third-order valence-corrected chi connectivity index (χ3v) is 2.83. The first kappa shape index (κ1) is 13.0. The van der Waals surface area contributed by atoms with Crippen LogP contribution in [0.3, 0.4) is 0 Å². The number of carbonyl (C=O) groups excluding carboxylic acids is 2. The highest BCUT2D eigenvalue weighted by atomic mass is 16.6. The molecule has 0 aliphatic carbocycles. The summed E-state index contributed by atoms with van der Waals surface area (Å²) in [7, 11) is 0. The number of hydrogen-bond acceptors (Lipinski definition) is 4. The van der Waals surface area contributed by atoms with Crippen molar-refractivity contribution in [1.29, 1.82) is 0 Å². The first-order valence-corrected chi connectivity index (χ1v) is 5.96. The zero-order valence-electron chi connectivity index (χ0n) is 10.0. The molecule has 1 saturated heterocycles. The van der Waals surface area contributed by atoms with Crippen LogP contribution in [0.15, 0.2) is 0 Å². The Kier molecular flexibility index (Phi) is 5.29. The molecule has 0 aromatic rings. The Labute approximate surface area is 96.3 Å². The van der Waals surface area contributed by atoms with E-state index in [0.29, 0.717) is 13.0 Å². The van der Waals surface area contributed by atoms with Crippen LogP contribution in [0.1, 0.15) is 46.0 Å². The molecular weight excluding hydrogens is 208 g/mol. The molecule has 0 spiro atoms. The van der Waals surface area contributed by atoms with Gasteiger partial charge in [0.2, 0.25) is 0 Å². The summed E-state index contributed by atoms with van der Waals surface area (Å²) in [5.74, 6) is -0.418. The third-order valence-electron chi connectivity index (χ3n) is 2.83. The van der Waals surface area contributed by atoms with Crippen LogP contribution in [0.5, 0.6) is 0 Å². The zero-order chi connectivity index (χ0) is 12.0. The van der Waals surface area contributed by atoms with Gasteiger partial charge in [-0.25, -0.2) is 0 Å². The summed E-state index contributed by atoms with van der Waals surface area (Å²) in [5.41, 5.74) is 0. The molecule has 0 aromatic carbocycles. The highest BCUT2D eigenvalue weighted by Gasteiger charge is 2.34. The molecule has 1 aliphatic heterocycles. The molecular formula is C12H20O4. The van der Waals surface area contributed by atoms with Crippen molar-refractivity contribution in [1.82, 2.24) is 0 Å². The lowest BCUT2D eigenvalue weighted by molar-refractivity contribution is -0.143. The highest BCUT2D eigenvalue weighted by Crippen LogP contribution is 2.26. The van der Waals surface area contributed by atoms with Crippen molar-refractivity contribution in [2.24, 2.45) is 5.92 Å². The van der Waals surface area contributed by atoms with Gasteiger partial charge in [0.1, 0.15) is 6.10 Å². The molecule has 1 fully saturated rings. The monoisotopic (exact) mass is 228 g/mol. The van der Waals surface area contributed by atoms with Gasteiger partial charge in [0, 0.05) is 12.8 Å². The number of unbranched alkanes of at least 4 members (excludes halogenated alkanes) is 2. The lowest BCUT2D eigenvalue weighted by Gasteiger charge is -2.16. The van der Waals surface area contributed by atoms with Crippen molar-refractivity contribution in [2.75, 3.05) is 6.61 Å². The maximum absolute atomic E-state index is 11.2. The van der Waals surface area contributed by atoms with Gasteiger partial charge in [-0.2, -0.15) is 0 Å². The van der Waals surface area contributed by atoms with Crippen LogP contribution in [0, 0.1) is 5.92 Å². The predicted molar refractivity (Wildman–Crippen MR) is 58.8 cm³/mol. The number of rotatable bonds is 6. The van der Waals surface area contributed by atoms with E-state index in [1.807, 2.05) is 0 Å².